The van der Waals surface area contributed by atoms with Gasteiger partial charge in [-0.25, -0.2) is 0 Å². The van der Waals surface area contributed by atoms with Gasteiger partial charge >= 0.3 is 0 Å². The van der Waals surface area contributed by atoms with Crippen LogP contribution in [0.3, 0.4) is 0 Å². The molecule has 1 fully saturated rings. The Bertz CT molecular complexity index is 1120. The molecule has 0 unspecified atom stereocenters. The number of fused-ring (bicyclic) bond motifs is 2. The highest BCUT2D eigenvalue weighted by atomic mass is 35.5. The van der Waals surface area contributed by atoms with Crippen LogP contribution in [0.5, 0.6) is 0 Å². The molecule has 29 heavy (non-hydrogen) atoms. The molecule has 5 rings (SSSR count). The summed E-state index contributed by atoms with van der Waals surface area (Å²) in [6.07, 6.45) is 0. The molecule has 6 nitrogen and oxygen atoms in total. The second-order valence-electron chi connectivity index (χ2n) is 7.18. The number of hydrogen-bond acceptors (Lipinski definition) is 6. The summed E-state index contributed by atoms with van der Waals surface area (Å²) in [7, 11) is 0. The van der Waals surface area contributed by atoms with E-state index < -0.39 is 6.04 Å². The molecule has 1 saturated heterocycles. The fourth-order valence-corrected chi connectivity index (χ4v) is 5.06. The van der Waals surface area contributed by atoms with Crippen LogP contribution in [0, 0.1) is 0 Å². The monoisotopic (exact) mass is 430 g/mol. The maximum absolute atomic E-state index is 13.4. The SMILES string of the molecule is O=C1c2oc3ccc(Cl)cc3c(=O)c2[C@H](c2cccs2)N1CCN1CCOCC1. The lowest BCUT2D eigenvalue weighted by atomic mass is 10.0. The molecule has 3 aromatic rings. The summed E-state index contributed by atoms with van der Waals surface area (Å²) in [6, 6.07) is 8.37. The molecule has 8 heteroatoms. The number of nitrogens with zero attached hydrogens (tertiary/aromatic N) is 2. The van der Waals surface area contributed by atoms with Crippen LogP contribution in [0.2, 0.25) is 5.02 Å². The Kier molecular flexibility index (Phi) is 4.91. The van der Waals surface area contributed by atoms with Gasteiger partial charge in [0.25, 0.3) is 5.91 Å². The lowest BCUT2D eigenvalue weighted by molar-refractivity contribution is 0.0315. The van der Waals surface area contributed by atoms with Gasteiger partial charge in [-0.3, -0.25) is 14.5 Å². The van der Waals surface area contributed by atoms with E-state index in [9.17, 15) is 9.59 Å². The number of carbonyl (C=O) groups excluding carboxylic acids is 1. The minimum atomic E-state index is -0.432. The number of ether oxygens (including phenoxy) is 1. The number of hydrogen-bond donors (Lipinski definition) is 0. The zero-order valence-electron chi connectivity index (χ0n) is 15.6. The van der Waals surface area contributed by atoms with Crippen molar-refractivity contribution in [2.75, 3.05) is 39.4 Å². The maximum atomic E-state index is 13.4. The summed E-state index contributed by atoms with van der Waals surface area (Å²) in [5.74, 6) is -0.0918. The molecule has 0 saturated carbocycles. The Morgan fingerprint density at radius 3 is 2.72 bits per heavy atom. The first-order valence-electron chi connectivity index (χ1n) is 9.54. The van der Waals surface area contributed by atoms with Crippen LogP contribution in [0.1, 0.15) is 27.0 Å². The standard InChI is InChI=1S/C21H19ClN2O4S/c22-13-3-4-15-14(12-13)19(25)17-18(16-2-1-11-29-16)24(21(26)20(17)28-15)6-5-23-7-9-27-10-8-23/h1-4,11-12,18H,5-10H2/t18-/m0/s1. The largest absolute Gasteiger partial charge is 0.450 e. The van der Waals surface area contributed by atoms with Gasteiger partial charge in [0.05, 0.1) is 30.2 Å². The Balaban J connectivity index is 1.58. The van der Waals surface area contributed by atoms with Gasteiger partial charge in [0.15, 0.2) is 5.43 Å². The quantitative estimate of drug-likeness (QED) is 0.635. The average molecular weight is 431 g/mol. The fourth-order valence-electron chi connectivity index (χ4n) is 4.04. The van der Waals surface area contributed by atoms with Crippen LogP contribution in [0.25, 0.3) is 11.0 Å². The number of amides is 1. The topological polar surface area (TPSA) is 63.0 Å². The Labute approximate surface area is 176 Å². The van der Waals surface area contributed by atoms with Crippen molar-refractivity contribution in [2.24, 2.45) is 0 Å². The molecule has 2 aliphatic rings. The molecule has 0 N–H and O–H groups in total. The molecule has 0 aliphatic carbocycles. The van der Waals surface area contributed by atoms with E-state index in [0.29, 0.717) is 41.3 Å². The second-order valence-corrected chi connectivity index (χ2v) is 8.60. The van der Waals surface area contributed by atoms with Crippen molar-refractivity contribution in [1.82, 2.24) is 9.80 Å². The van der Waals surface area contributed by atoms with E-state index in [2.05, 4.69) is 4.90 Å². The van der Waals surface area contributed by atoms with E-state index in [4.69, 9.17) is 20.8 Å². The van der Waals surface area contributed by atoms with Gasteiger partial charge < -0.3 is 14.1 Å². The summed E-state index contributed by atoms with van der Waals surface area (Å²) in [5, 5.41) is 2.82. The first-order chi connectivity index (χ1) is 14.1. The molecule has 0 radical (unpaired) electrons. The van der Waals surface area contributed by atoms with Crippen molar-refractivity contribution in [3.63, 3.8) is 0 Å². The number of halogens is 1. The number of benzene rings is 1. The maximum Gasteiger partial charge on any atom is 0.290 e. The summed E-state index contributed by atoms with van der Waals surface area (Å²) < 4.78 is 11.3. The minimum Gasteiger partial charge on any atom is -0.450 e. The first-order valence-corrected chi connectivity index (χ1v) is 10.8. The number of morpholine rings is 1. The fraction of sp³-hybridized carbons (Fsp3) is 0.333. The molecule has 1 amide bonds. The van der Waals surface area contributed by atoms with Gasteiger partial charge in [-0.1, -0.05) is 17.7 Å². The third-order valence-electron chi connectivity index (χ3n) is 5.50. The predicted octanol–water partition coefficient (Wildman–Crippen LogP) is 3.39. The van der Waals surface area contributed by atoms with E-state index in [1.165, 1.54) is 11.3 Å². The van der Waals surface area contributed by atoms with Crippen LogP contribution in [0.4, 0.5) is 0 Å². The number of carbonyl (C=O) groups is 1. The molecule has 2 aromatic heterocycles. The minimum absolute atomic E-state index is 0.144. The van der Waals surface area contributed by atoms with Crippen LogP contribution in [0.15, 0.2) is 44.9 Å². The van der Waals surface area contributed by atoms with Crippen molar-refractivity contribution in [3.05, 3.63) is 67.2 Å². The van der Waals surface area contributed by atoms with Crippen LogP contribution in [-0.2, 0) is 4.74 Å². The van der Waals surface area contributed by atoms with Gasteiger partial charge in [0.2, 0.25) is 5.76 Å². The van der Waals surface area contributed by atoms with E-state index >= 15 is 0 Å². The van der Waals surface area contributed by atoms with Gasteiger partial charge in [-0.15, -0.1) is 11.3 Å². The molecule has 2 aliphatic heterocycles. The lowest BCUT2D eigenvalue weighted by Gasteiger charge is -2.30. The van der Waals surface area contributed by atoms with Gasteiger partial charge in [-0.2, -0.15) is 0 Å². The highest BCUT2D eigenvalue weighted by molar-refractivity contribution is 7.10. The highest BCUT2D eigenvalue weighted by Crippen LogP contribution is 2.39. The van der Waals surface area contributed by atoms with Gasteiger partial charge in [0.1, 0.15) is 5.58 Å². The normalized spacial score (nSPS) is 19.8. The van der Waals surface area contributed by atoms with E-state index in [0.717, 1.165) is 24.5 Å². The lowest BCUT2D eigenvalue weighted by Crippen LogP contribution is -2.42. The first kappa shape index (κ1) is 18.8. The van der Waals surface area contributed by atoms with Crippen molar-refractivity contribution in [3.8, 4) is 0 Å². The Hall–Kier alpha value is -2.19. The zero-order valence-corrected chi connectivity index (χ0v) is 17.2. The van der Waals surface area contributed by atoms with E-state index in [-0.39, 0.29) is 17.1 Å². The van der Waals surface area contributed by atoms with Gasteiger partial charge in [0, 0.05) is 36.1 Å². The van der Waals surface area contributed by atoms with Crippen molar-refractivity contribution in [2.45, 2.75) is 6.04 Å². The highest BCUT2D eigenvalue weighted by Gasteiger charge is 2.43. The average Bonchev–Trinajstić information content (AvgIpc) is 3.35. The third kappa shape index (κ3) is 3.28. The number of rotatable bonds is 4. The van der Waals surface area contributed by atoms with Crippen LogP contribution in [-0.4, -0.2) is 55.1 Å². The summed E-state index contributed by atoms with van der Waals surface area (Å²) in [6.45, 7) is 4.34. The third-order valence-corrected chi connectivity index (χ3v) is 6.66. The Morgan fingerprint density at radius 1 is 1.14 bits per heavy atom. The van der Waals surface area contributed by atoms with Crippen LogP contribution < -0.4 is 5.43 Å². The molecular weight excluding hydrogens is 412 g/mol. The molecular formula is C21H19ClN2O4S. The van der Waals surface area contributed by atoms with Crippen molar-refractivity contribution < 1.29 is 13.9 Å². The summed E-state index contributed by atoms with van der Waals surface area (Å²) in [5.41, 5.74) is 0.602. The molecule has 4 heterocycles. The van der Waals surface area contributed by atoms with E-state index in [1.807, 2.05) is 17.5 Å². The van der Waals surface area contributed by atoms with Crippen LogP contribution >= 0.6 is 22.9 Å². The number of thiophene rings is 1. The second kappa shape index (κ2) is 7.57. The molecule has 0 bridgehead atoms. The van der Waals surface area contributed by atoms with Gasteiger partial charge in [-0.05, 0) is 29.6 Å². The van der Waals surface area contributed by atoms with Crippen molar-refractivity contribution in [1.29, 1.82) is 0 Å². The van der Waals surface area contributed by atoms with E-state index in [1.54, 1.807) is 23.1 Å². The Morgan fingerprint density at radius 2 is 1.97 bits per heavy atom. The molecule has 1 aromatic carbocycles. The molecule has 1 atom stereocenters. The summed E-state index contributed by atoms with van der Waals surface area (Å²) >= 11 is 7.63. The predicted molar refractivity (Wildman–Crippen MR) is 112 cm³/mol. The summed E-state index contributed by atoms with van der Waals surface area (Å²) in [4.78, 5) is 31.6. The molecule has 0 spiro atoms. The van der Waals surface area contributed by atoms with Crippen molar-refractivity contribution >= 4 is 39.8 Å². The smallest absolute Gasteiger partial charge is 0.290 e. The zero-order chi connectivity index (χ0) is 20.0. The molecule has 150 valence electrons.